The number of aliphatic hydroxyl groups excluding tert-OH is 1. The summed E-state index contributed by atoms with van der Waals surface area (Å²) >= 11 is 0. The van der Waals surface area contributed by atoms with Crippen LogP contribution in [0.4, 0.5) is 11.4 Å². The van der Waals surface area contributed by atoms with Gasteiger partial charge in [-0.05, 0) is 36.8 Å². The number of hydrogen-bond donors (Lipinski definition) is 1. The Kier molecular flexibility index (Phi) is 3.75. The second kappa shape index (κ2) is 5.17. The summed E-state index contributed by atoms with van der Waals surface area (Å²) in [6.45, 7) is 4.65. The first-order valence-electron chi connectivity index (χ1n) is 6.57. The van der Waals surface area contributed by atoms with Gasteiger partial charge in [0.2, 0.25) is 0 Å². The van der Waals surface area contributed by atoms with Gasteiger partial charge in [-0.1, -0.05) is 13.0 Å². The maximum atomic E-state index is 11.2. The number of hydrogen-bond acceptors (Lipinski definition) is 4. The number of aliphatic hydroxyl groups is 1. The third kappa shape index (κ3) is 3.04. The molecule has 0 heterocycles. The quantitative estimate of drug-likeness (QED) is 0.656. The van der Waals surface area contributed by atoms with Crippen molar-refractivity contribution in [3.8, 4) is 0 Å². The highest BCUT2D eigenvalue weighted by atomic mass is 16.6. The molecule has 5 nitrogen and oxygen atoms in total. The fraction of sp³-hybridized carbons (Fsp3) is 0.571. The SMILES string of the molecule is CC1CC1CN(C)c1ccc([C@@H](C)O)cc1[N+](=O)[O-]. The molecule has 19 heavy (non-hydrogen) atoms. The van der Waals surface area contributed by atoms with Gasteiger partial charge in [0.15, 0.2) is 0 Å². The molecule has 0 bridgehead atoms. The lowest BCUT2D eigenvalue weighted by atomic mass is 10.1. The zero-order valence-corrected chi connectivity index (χ0v) is 11.5. The first kappa shape index (κ1) is 13.8. The van der Waals surface area contributed by atoms with E-state index in [0.29, 0.717) is 17.2 Å². The molecule has 0 amide bonds. The Labute approximate surface area is 113 Å². The Hall–Kier alpha value is -1.62. The highest BCUT2D eigenvalue weighted by Gasteiger charge is 2.34. The summed E-state index contributed by atoms with van der Waals surface area (Å²) in [5, 5.41) is 20.7. The van der Waals surface area contributed by atoms with Gasteiger partial charge in [0.05, 0.1) is 11.0 Å². The van der Waals surface area contributed by atoms with Crippen LogP contribution in [-0.4, -0.2) is 23.6 Å². The minimum absolute atomic E-state index is 0.0641. The minimum atomic E-state index is -0.693. The molecular formula is C14H20N2O3. The summed E-state index contributed by atoms with van der Waals surface area (Å²) in [7, 11) is 1.88. The largest absolute Gasteiger partial charge is 0.389 e. The monoisotopic (exact) mass is 264 g/mol. The molecule has 2 rings (SSSR count). The molecule has 1 fully saturated rings. The molecule has 5 heteroatoms. The summed E-state index contributed by atoms with van der Waals surface area (Å²) in [5.41, 5.74) is 1.26. The fourth-order valence-corrected chi connectivity index (χ4v) is 2.37. The Morgan fingerprint density at radius 3 is 2.68 bits per heavy atom. The van der Waals surface area contributed by atoms with Crippen molar-refractivity contribution in [2.75, 3.05) is 18.5 Å². The molecule has 0 aromatic heterocycles. The minimum Gasteiger partial charge on any atom is -0.389 e. The number of nitrogens with zero attached hydrogens (tertiary/aromatic N) is 2. The van der Waals surface area contributed by atoms with Gasteiger partial charge in [-0.2, -0.15) is 0 Å². The standard InChI is InChI=1S/C14H20N2O3/c1-9-6-12(9)8-15(3)13-5-4-11(10(2)17)7-14(13)16(18)19/h4-5,7,9-10,12,17H,6,8H2,1-3H3/t9?,10-,12?/m1/s1. The van der Waals surface area contributed by atoms with Crippen molar-refractivity contribution in [3.05, 3.63) is 33.9 Å². The maximum absolute atomic E-state index is 11.2. The van der Waals surface area contributed by atoms with Crippen molar-refractivity contribution < 1.29 is 10.0 Å². The lowest BCUT2D eigenvalue weighted by Crippen LogP contribution is -2.21. The van der Waals surface area contributed by atoms with E-state index in [1.807, 2.05) is 11.9 Å². The summed E-state index contributed by atoms with van der Waals surface area (Å²) in [5.74, 6) is 1.36. The van der Waals surface area contributed by atoms with Gasteiger partial charge >= 0.3 is 0 Å². The van der Waals surface area contributed by atoms with Crippen molar-refractivity contribution >= 4 is 11.4 Å². The maximum Gasteiger partial charge on any atom is 0.292 e. The summed E-state index contributed by atoms with van der Waals surface area (Å²) in [6.07, 6.45) is 0.505. The van der Waals surface area contributed by atoms with E-state index in [-0.39, 0.29) is 10.6 Å². The number of nitro benzene ring substituents is 1. The molecule has 0 spiro atoms. The molecule has 1 aromatic rings. The normalized spacial score (nSPS) is 22.9. The molecule has 0 saturated heterocycles. The van der Waals surface area contributed by atoms with Crippen LogP contribution in [0.5, 0.6) is 0 Å². The molecule has 3 atom stereocenters. The predicted molar refractivity (Wildman–Crippen MR) is 74.3 cm³/mol. The molecule has 1 aliphatic rings. The highest BCUT2D eigenvalue weighted by molar-refractivity contribution is 5.64. The topological polar surface area (TPSA) is 66.6 Å². The van der Waals surface area contributed by atoms with Crippen LogP contribution in [0, 0.1) is 22.0 Å². The van der Waals surface area contributed by atoms with Gasteiger partial charge in [-0.25, -0.2) is 0 Å². The second-order valence-electron chi connectivity index (χ2n) is 5.53. The highest BCUT2D eigenvalue weighted by Crippen LogP contribution is 2.40. The van der Waals surface area contributed by atoms with Crippen LogP contribution in [0.1, 0.15) is 31.9 Å². The third-order valence-corrected chi connectivity index (χ3v) is 3.87. The van der Waals surface area contributed by atoms with Crippen LogP contribution in [0.2, 0.25) is 0 Å². The van der Waals surface area contributed by atoms with Crippen LogP contribution >= 0.6 is 0 Å². The van der Waals surface area contributed by atoms with E-state index in [2.05, 4.69) is 6.92 Å². The Balaban J connectivity index is 2.25. The van der Waals surface area contributed by atoms with E-state index >= 15 is 0 Å². The number of nitro groups is 1. The van der Waals surface area contributed by atoms with Crippen LogP contribution in [-0.2, 0) is 0 Å². The van der Waals surface area contributed by atoms with Gasteiger partial charge in [0, 0.05) is 19.7 Å². The molecule has 104 valence electrons. The molecule has 2 unspecified atom stereocenters. The fourth-order valence-electron chi connectivity index (χ4n) is 2.37. The zero-order chi connectivity index (χ0) is 14.2. The average Bonchev–Trinajstić information content (AvgIpc) is 3.03. The molecule has 0 radical (unpaired) electrons. The van der Waals surface area contributed by atoms with Gasteiger partial charge in [0.25, 0.3) is 5.69 Å². The van der Waals surface area contributed by atoms with Gasteiger partial charge in [-0.3, -0.25) is 10.1 Å². The number of rotatable bonds is 5. The third-order valence-electron chi connectivity index (χ3n) is 3.87. The molecule has 0 aliphatic heterocycles. The van der Waals surface area contributed by atoms with Crippen molar-refractivity contribution in [3.63, 3.8) is 0 Å². The van der Waals surface area contributed by atoms with E-state index in [9.17, 15) is 15.2 Å². The van der Waals surface area contributed by atoms with Crippen molar-refractivity contribution in [1.82, 2.24) is 0 Å². The zero-order valence-electron chi connectivity index (χ0n) is 11.5. The van der Waals surface area contributed by atoms with Gasteiger partial charge in [0.1, 0.15) is 5.69 Å². The Morgan fingerprint density at radius 1 is 1.58 bits per heavy atom. The van der Waals surface area contributed by atoms with Gasteiger partial charge < -0.3 is 10.0 Å². The first-order valence-corrected chi connectivity index (χ1v) is 6.57. The second-order valence-corrected chi connectivity index (χ2v) is 5.53. The summed E-state index contributed by atoms with van der Waals surface area (Å²) in [4.78, 5) is 12.7. The molecule has 1 N–H and O–H groups in total. The van der Waals surface area contributed by atoms with E-state index < -0.39 is 6.10 Å². The Morgan fingerprint density at radius 2 is 2.21 bits per heavy atom. The Bertz CT molecular complexity index is 488. The molecule has 1 aromatic carbocycles. The van der Waals surface area contributed by atoms with Crippen LogP contribution in [0.25, 0.3) is 0 Å². The summed E-state index contributed by atoms with van der Waals surface area (Å²) in [6, 6.07) is 4.94. The van der Waals surface area contributed by atoms with E-state index in [0.717, 1.165) is 12.5 Å². The lowest BCUT2D eigenvalue weighted by Gasteiger charge is -2.20. The van der Waals surface area contributed by atoms with Crippen LogP contribution < -0.4 is 4.90 Å². The number of anilines is 1. The number of benzene rings is 1. The van der Waals surface area contributed by atoms with Crippen molar-refractivity contribution in [2.45, 2.75) is 26.4 Å². The van der Waals surface area contributed by atoms with Crippen molar-refractivity contribution in [2.24, 2.45) is 11.8 Å². The van der Waals surface area contributed by atoms with E-state index in [1.165, 1.54) is 12.5 Å². The lowest BCUT2D eigenvalue weighted by molar-refractivity contribution is -0.384. The van der Waals surface area contributed by atoms with Crippen LogP contribution in [0.15, 0.2) is 18.2 Å². The van der Waals surface area contributed by atoms with Crippen LogP contribution in [0.3, 0.4) is 0 Å². The molecule has 1 saturated carbocycles. The molecule has 1 aliphatic carbocycles. The molecular weight excluding hydrogens is 244 g/mol. The predicted octanol–water partition coefficient (Wildman–Crippen LogP) is 2.74. The van der Waals surface area contributed by atoms with Crippen molar-refractivity contribution in [1.29, 1.82) is 0 Å². The average molecular weight is 264 g/mol. The summed E-state index contributed by atoms with van der Waals surface area (Å²) < 4.78 is 0. The van der Waals surface area contributed by atoms with Gasteiger partial charge in [-0.15, -0.1) is 0 Å². The van der Waals surface area contributed by atoms with E-state index in [4.69, 9.17) is 0 Å². The smallest absolute Gasteiger partial charge is 0.292 e. The first-order chi connectivity index (χ1) is 8.90. The van der Waals surface area contributed by atoms with E-state index in [1.54, 1.807) is 19.1 Å².